The Kier molecular flexibility index (Phi) is 10.3. The Morgan fingerprint density at radius 1 is 0.879 bits per heavy atom. The normalized spacial score (nSPS) is 11.4. The Hall–Kier alpha value is -3.47. The molecule has 5 nitrogen and oxygen atoms in total. The van der Waals surface area contributed by atoms with Crippen molar-refractivity contribution in [2.45, 2.75) is 33.1 Å². The third-order valence-corrected chi connectivity index (χ3v) is 5.16. The maximum absolute atomic E-state index is 12.3. The van der Waals surface area contributed by atoms with Crippen LogP contribution in [0.15, 0.2) is 60.2 Å². The number of hydrogen-bond donors (Lipinski definition) is 0. The van der Waals surface area contributed by atoms with Crippen molar-refractivity contribution in [2.75, 3.05) is 27.9 Å². The van der Waals surface area contributed by atoms with Gasteiger partial charge in [0.25, 0.3) is 0 Å². The molecule has 2 aromatic rings. The van der Waals surface area contributed by atoms with E-state index in [0.717, 1.165) is 30.4 Å². The van der Waals surface area contributed by atoms with Crippen LogP contribution in [0.5, 0.6) is 17.2 Å². The maximum Gasteiger partial charge on any atom is 0.338 e. The zero-order chi connectivity index (χ0) is 24.2. The molecule has 0 saturated heterocycles. The summed E-state index contributed by atoms with van der Waals surface area (Å²) in [6.07, 6.45) is 8.89. The zero-order valence-corrected chi connectivity index (χ0v) is 20.3. The molecule has 0 unspecified atom stereocenters. The molecular formula is C28H34O5. The number of allylic oxidation sites excluding steroid dienone is 2. The summed E-state index contributed by atoms with van der Waals surface area (Å²) in [5, 5.41) is 0. The van der Waals surface area contributed by atoms with Gasteiger partial charge in [0.2, 0.25) is 5.75 Å². The standard InChI is InChI=1S/C28H34O5/c1-20(2)8-7-9-21(3)18-19-33-28(29)24-14-11-22(12-15-24)10-13-23-16-17-25(30-4)27(32-6)26(23)31-5/h10-18H,1,7-9,19H2,2-6H3. The van der Waals surface area contributed by atoms with E-state index in [9.17, 15) is 4.79 Å². The average Bonchev–Trinajstić information content (AvgIpc) is 2.81. The number of esters is 1. The van der Waals surface area contributed by atoms with E-state index in [-0.39, 0.29) is 12.6 Å². The molecule has 0 fully saturated rings. The van der Waals surface area contributed by atoms with Crippen LogP contribution >= 0.6 is 0 Å². The fourth-order valence-corrected chi connectivity index (χ4v) is 3.29. The van der Waals surface area contributed by atoms with Gasteiger partial charge in [0.1, 0.15) is 6.61 Å². The van der Waals surface area contributed by atoms with Crippen LogP contribution in [-0.2, 0) is 4.74 Å². The molecule has 0 N–H and O–H groups in total. The lowest BCUT2D eigenvalue weighted by Crippen LogP contribution is -2.05. The second-order valence-electron chi connectivity index (χ2n) is 7.84. The van der Waals surface area contributed by atoms with Gasteiger partial charge in [-0.1, -0.05) is 35.4 Å². The summed E-state index contributed by atoms with van der Waals surface area (Å²) in [4.78, 5) is 12.3. The molecular weight excluding hydrogens is 416 g/mol. The third kappa shape index (κ3) is 7.86. The summed E-state index contributed by atoms with van der Waals surface area (Å²) in [6, 6.07) is 11.0. The molecule has 0 aliphatic carbocycles. The van der Waals surface area contributed by atoms with E-state index in [4.69, 9.17) is 18.9 Å². The van der Waals surface area contributed by atoms with Crippen molar-refractivity contribution in [3.8, 4) is 17.2 Å². The quantitative estimate of drug-likeness (QED) is 0.204. The first-order valence-corrected chi connectivity index (χ1v) is 10.9. The van der Waals surface area contributed by atoms with E-state index in [0.29, 0.717) is 22.8 Å². The first-order valence-electron chi connectivity index (χ1n) is 10.9. The molecule has 33 heavy (non-hydrogen) atoms. The van der Waals surface area contributed by atoms with Crippen molar-refractivity contribution in [3.05, 3.63) is 76.9 Å². The second kappa shape index (κ2) is 13.2. The molecule has 0 aliphatic rings. The molecule has 5 heteroatoms. The minimum Gasteiger partial charge on any atom is -0.493 e. The molecule has 0 spiro atoms. The average molecular weight is 451 g/mol. The van der Waals surface area contributed by atoms with Crippen molar-refractivity contribution < 1.29 is 23.7 Å². The van der Waals surface area contributed by atoms with E-state index in [1.807, 2.05) is 49.4 Å². The Labute approximate surface area is 197 Å². The molecule has 0 amide bonds. The fraction of sp³-hybridized carbons (Fsp3) is 0.321. The van der Waals surface area contributed by atoms with Crippen LogP contribution in [0.4, 0.5) is 0 Å². The molecule has 0 bridgehead atoms. The first-order chi connectivity index (χ1) is 15.9. The van der Waals surface area contributed by atoms with E-state index in [2.05, 4.69) is 13.5 Å². The summed E-state index contributed by atoms with van der Waals surface area (Å²) in [5.74, 6) is 1.40. The van der Waals surface area contributed by atoms with Gasteiger partial charge in [-0.15, -0.1) is 6.58 Å². The van der Waals surface area contributed by atoms with Gasteiger partial charge in [-0.25, -0.2) is 4.79 Å². The van der Waals surface area contributed by atoms with E-state index >= 15 is 0 Å². The lowest BCUT2D eigenvalue weighted by molar-refractivity contribution is 0.0549. The number of benzene rings is 2. The Balaban J connectivity index is 1.98. The lowest BCUT2D eigenvalue weighted by Gasteiger charge is -2.14. The minimum absolute atomic E-state index is 0.276. The van der Waals surface area contributed by atoms with Gasteiger partial charge in [0, 0.05) is 5.56 Å². The predicted octanol–water partition coefficient (Wildman–Crippen LogP) is 6.73. The van der Waals surface area contributed by atoms with Gasteiger partial charge in [-0.3, -0.25) is 0 Å². The van der Waals surface area contributed by atoms with E-state index in [1.54, 1.807) is 33.5 Å². The molecule has 0 aromatic heterocycles. The second-order valence-corrected chi connectivity index (χ2v) is 7.84. The third-order valence-electron chi connectivity index (χ3n) is 5.16. The van der Waals surface area contributed by atoms with Gasteiger partial charge < -0.3 is 18.9 Å². The SMILES string of the molecule is C=C(C)CCCC(C)=CCOC(=O)c1ccc(C=Cc2ccc(OC)c(OC)c2OC)cc1. The Morgan fingerprint density at radius 3 is 2.18 bits per heavy atom. The largest absolute Gasteiger partial charge is 0.493 e. The summed E-state index contributed by atoms with van der Waals surface area (Å²) < 4.78 is 21.6. The number of rotatable bonds is 12. The molecule has 176 valence electrons. The molecule has 0 heterocycles. The van der Waals surface area contributed by atoms with Crippen LogP contribution in [0.3, 0.4) is 0 Å². The fourth-order valence-electron chi connectivity index (χ4n) is 3.29. The highest BCUT2D eigenvalue weighted by Gasteiger charge is 2.14. The first kappa shape index (κ1) is 25.8. The van der Waals surface area contributed by atoms with Crippen molar-refractivity contribution in [1.29, 1.82) is 0 Å². The highest BCUT2D eigenvalue weighted by atomic mass is 16.5. The number of ether oxygens (including phenoxy) is 4. The Morgan fingerprint density at radius 2 is 1.58 bits per heavy atom. The Bertz CT molecular complexity index is 1000. The topological polar surface area (TPSA) is 54.0 Å². The lowest BCUT2D eigenvalue weighted by atomic mass is 10.1. The molecule has 0 atom stereocenters. The number of carbonyl (C=O) groups excluding carboxylic acids is 1. The van der Waals surface area contributed by atoms with Crippen molar-refractivity contribution in [3.63, 3.8) is 0 Å². The van der Waals surface area contributed by atoms with Crippen LogP contribution in [-0.4, -0.2) is 33.9 Å². The highest BCUT2D eigenvalue weighted by molar-refractivity contribution is 5.90. The van der Waals surface area contributed by atoms with Gasteiger partial charge in [0.05, 0.1) is 26.9 Å². The van der Waals surface area contributed by atoms with Crippen molar-refractivity contribution in [1.82, 2.24) is 0 Å². The molecule has 2 aromatic carbocycles. The molecule has 2 rings (SSSR count). The molecule has 0 saturated carbocycles. The summed E-state index contributed by atoms with van der Waals surface area (Å²) >= 11 is 0. The summed E-state index contributed by atoms with van der Waals surface area (Å²) in [5.41, 5.74) is 4.72. The highest BCUT2D eigenvalue weighted by Crippen LogP contribution is 2.40. The molecule has 0 aliphatic heterocycles. The number of carbonyl (C=O) groups is 1. The minimum atomic E-state index is -0.335. The van der Waals surface area contributed by atoms with Gasteiger partial charge >= 0.3 is 5.97 Å². The molecule has 0 radical (unpaired) electrons. The van der Waals surface area contributed by atoms with E-state index in [1.165, 1.54) is 11.1 Å². The van der Waals surface area contributed by atoms with Crippen LogP contribution in [0.1, 0.15) is 54.6 Å². The van der Waals surface area contributed by atoms with Gasteiger partial charge in [-0.2, -0.15) is 0 Å². The van der Waals surface area contributed by atoms with Gasteiger partial charge in [0.15, 0.2) is 11.5 Å². The summed E-state index contributed by atoms with van der Waals surface area (Å²) in [6.45, 7) is 8.29. The number of methoxy groups -OCH3 is 3. The zero-order valence-electron chi connectivity index (χ0n) is 20.3. The maximum atomic E-state index is 12.3. The number of hydrogen-bond acceptors (Lipinski definition) is 5. The van der Waals surface area contributed by atoms with Crippen LogP contribution in [0, 0.1) is 0 Å². The van der Waals surface area contributed by atoms with Crippen LogP contribution in [0.25, 0.3) is 12.2 Å². The van der Waals surface area contributed by atoms with E-state index < -0.39 is 0 Å². The predicted molar refractivity (Wildman–Crippen MR) is 134 cm³/mol. The smallest absolute Gasteiger partial charge is 0.338 e. The summed E-state index contributed by atoms with van der Waals surface area (Å²) in [7, 11) is 4.75. The van der Waals surface area contributed by atoms with Gasteiger partial charge in [-0.05, 0) is 69.0 Å². The monoisotopic (exact) mass is 450 g/mol. The van der Waals surface area contributed by atoms with Crippen LogP contribution in [0.2, 0.25) is 0 Å². The van der Waals surface area contributed by atoms with Crippen molar-refractivity contribution in [2.24, 2.45) is 0 Å². The van der Waals surface area contributed by atoms with Crippen molar-refractivity contribution >= 4 is 18.1 Å². The van der Waals surface area contributed by atoms with Crippen LogP contribution < -0.4 is 14.2 Å².